The second-order valence-electron chi connectivity index (χ2n) is 6.20. The third-order valence-electron chi connectivity index (χ3n) is 3.94. The Bertz CT molecular complexity index is 717. The Hall–Kier alpha value is -2.20. The second kappa shape index (κ2) is 9.94. The van der Waals surface area contributed by atoms with Crippen molar-refractivity contribution in [2.75, 3.05) is 17.7 Å². The summed E-state index contributed by atoms with van der Waals surface area (Å²) in [7, 11) is 0. The average molecular weight is 363 g/mol. The number of carbonyl (C=O) groups is 1. The first-order chi connectivity index (χ1) is 11.5. The number of nitrogen functional groups attached to an aromatic ring is 1. The van der Waals surface area contributed by atoms with E-state index in [9.17, 15) is 4.79 Å². The molecule has 5 heteroatoms. The Kier molecular flexibility index (Phi) is 8.29. The molecule has 0 saturated heterocycles. The largest absolute Gasteiger partial charge is 0.493 e. The van der Waals surface area contributed by atoms with Crippen molar-refractivity contribution >= 4 is 29.7 Å². The van der Waals surface area contributed by atoms with Gasteiger partial charge in [0.15, 0.2) is 0 Å². The molecule has 0 heterocycles. The number of aryl methyl sites for hydroxylation is 3. The molecule has 0 aliphatic heterocycles. The molecule has 0 fully saturated rings. The topological polar surface area (TPSA) is 64.3 Å². The van der Waals surface area contributed by atoms with E-state index >= 15 is 0 Å². The summed E-state index contributed by atoms with van der Waals surface area (Å²) in [5.74, 6) is 0.935. The number of nitrogens with one attached hydrogen (secondary N) is 1. The molecule has 0 bridgehead atoms. The molecule has 1 amide bonds. The number of halogens is 1. The zero-order valence-corrected chi connectivity index (χ0v) is 15.9. The van der Waals surface area contributed by atoms with Gasteiger partial charge in [0, 0.05) is 17.8 Å². The Balaban J connectivity index is 0.00000312. The van der Waals surface area contributed by atoms with Crippen molar-refractivity contribution in [3.63, 3.8) is 0 Å². The van der Waals surface area contributed by atoms with Crippen molar-refractivity contribution in [2.24, 2.45) is 0 Å². The molecule has 0 aromatic heterocycles. The molecule has 2 aromatic carbocycles. The lowest BCUT2D eigenvalue weighted by atomic mass is 10.1. The number of amides is 1. The lowest BCUT2D eigenvalue weighted by Crippen LogP contribution is -2.13. The molecular formula is C20H27ClN2O2. The number of nitrogens with two attached hydrogens (primary N) is 1. The highest BCUT2D eigenvalue weighted by molar-refractivity contribution is 5.91. The van der Waals surface area contributed by atoms with E-state index in [1.807, 2.05) is 32.0 Å². The molecule has 4 nitrogen and oxygen atoms in total. The van der Waals surface area contributed by atoms with E-state index < -0.39 is 0 Å². The number of benzene rings is 2. The molecule has 3 N–H and O–H groups in total. The first-order valence-corrected chi connectivity index (χ1v) is 8.32. The van der Waals surface area contributed by atoms with Crippen LogP contribution >= 0.6 is 12.4 Å². The summed E-state index contributed by atoms with van der Waals surface area (Å²) < 4.78 is 5.80. The molecule has 0 aliphatic carbocycles. The maximum absolute atomic E-state index is 12.0. The molecule has 0 saturated carbocycles. The van der Waals surface area contributed by atoms with Crippen LogP contribution in [0, 0.1) is 20.8 Å². The summed E-state index contributed by atoms with van der Waals surface area (Å²) in [6.45, 7) is 6.66. The normalized spacial score (nSPS) is 10.0. The summed E-state index contributed by atoms with van der Waals surface area (Å²) in [6, 6.07) is 11.7. The van der Waals surface area contributed by atoms with Crippen molar-refractivity contribution < 1.29 is 9.53 Å². The van der Waals surface area contributed by atoms with Gasteiger partial charge in [-0.05, 0) is 68.5 Å². The highest BCUT2D eigenvalue weighted by atomic mass is 35.5. The van der Waals surface area contributed by atoms with E-state index in [2.05, 4.69) is 24.4 Å². The third-order valence-corrected chi connectivity index (χ3v) is 3.94. The molecule has 2 rings (SSSR count). The fourth-order valence-electron chi connectivity index (χ4n) is 2.42. The van der Waals surface area contributed by atoms with Gasteiger partial charge in [0.25, 0.3) is 0 Å². The second-order valence-corrected chi connectivity index (χ2v) is 6.20. The molecule has 25 heavy (non-hydrogen) atoms. The predicted octanol–water partition coefficient (Wildman–Crippen LogP) is 4.80. The Morgan fingerprint density at radius 1 is 1.04 bits per heavy atom. The SMILES string of the molecule is Cc1ccc(C)c(OCCCCC(=O)Nc2cc(N)ccc2C)c1.Cl. The maximum Gasteiger partial charge on any atom is 0.224 e. The summed E-state index contributed by atoms with van der Waals surface area (Å²) in [6.07, 6.45) is 2.11. The van der Waals surface area contributed by atoms with E-state index in [1.165, 1.54) is 5.56 Å². The van der Waals surface area contributed by atoms with Gasteiger partial charge in [-0.25, -0.2) is 0 Å². The average Bonchev–Trinajstić information content (AvgIpc) is 2.54. The van der Waals surface area contributed by atoms with Crippen LogP contribution in [0.2, 0.25) is 0 Å². The molecule has 0 aliphatic rings. The summed E-state index contributed by atoms with van der Waals surface area (Å²) in [4.78, 5) is 12.0. The highest BCUT2D eigenvalue weighted by Crippen LogP contribution is 2.20. The first kappa shape index (κ1) is 20.8. The van der Waals surface area contributed by atoms with E-state index in [0.29, 0.717) is 18.7 Å². The minimum atomic E-state index is 0. The van der Waals surface area contributed by atoms with Crippen molar-refractivity contribution in [3.05, 3.63) is 53.1 Å². The highest BCUT2D eigenvalue weighted by Gasteiger charge is 2.06. The quantitative estimate of drug-likeness (QED) is 0.549. The third kappa shape index (κ3) is 6.67. The van der Waals surface area contributed by atoms with Crippen LogP contribution in [0.15, 0.2) is 36.4 Å². The maximum atomic E-state index is 12.0. The van der Waals surface area contributed by atoms with Gasteiger partial charge in [-0.2, -0.15) is 0 Å². The minimum Gasteiger partial charge on any atom is -0.493 e. The van der Waals surface area contributed by atoms with Gasteiger partial charge in [0.05, 0.1) is 6.61 Å². The summed E-state index contributed by atoms with van der Waals surface area (Å²) in [5, 5.41) is 2.92. The lowest BCUT2D eigenvalue weighted by molar-refractivity contribution is -0.116. The Labute approximate surface area is 156 Å². The molecule has 2 aromatic rings. The number of anilines is 2. The number of ether oxygens (including phenoxy) is 1. The van der Waals surface area contributed by atoms with Crippen molar-refractivity contribution in [1.82, 2.24) is 0 Å². The van der Waals surface area contributed by atoms with E-state index in [-0.39, 0.29) is 18.3 Å². The number of hydrogen-bond donors (Lipinski definition) is 2. The number of rotatable bonds is 7. The minimum absolute atomic E-state index is 0. The van der Waals surface area contributed by atoms with Crippen LogP contribution < -0.4 is 15.8 Å². The molecule has 0 radical (unpaired) electrons. The standard InChI is InChI=1S/C20H26N2O2.ClH/c1-14-7-8-16(3)19(12-14)24-11-5-4-6-20(23)22-18-13-17(21)10-9-15(18)2;/h7-10,12-13H,4-6,11,21H2,1-3H3,(H,22,23);1H. The predicted molar refractivity (Wildman–Crippen MR) is 107 cm³/mol. The first-order valence-electron chi connectivity index (χ1n) is 8.32. The fourth-order valence-corrected chi connectivity index (χ4v) is 2.42. The monoisotopic (exact) mass is 362 g/mol. The van der Waals surface area contributed by atoms with Gasteiger partial charge in [0.2, 0.25) is 5.91 Å². The van der Waals surface area contributed by atoms with Crippen LogP contribution in [-0.4, -0.2) is 12.5 Å². The van der Waals surface area contributed by atoms with Crippen LogP contribution in [0.4, 0.5) is 11.4 Å². The van der Waals surface area contributed by atoms with E-state index in [1.54, 1.807) is 6.07 Å². The Morgan fingerprint density at radius 2 is 1.76 bits per heavy atom. The van der Waals surface area contributed by atoms with Gasteiger partial charge in [0.1, 0.15) is 5.75 Å². The molecule has 0 unspecified atom stereocenters. The van der Waals surface area contributed by atoms with E-state index in [0.717, 1.165) is 35.4 Å². The van der Waals surface area contributed by atoms with Gasteiger partial charge in [-0.15, -0.1) is 12.4 Å². The van der Waals surface area contributed by atoms with Gasteiger partial charge in [-0.3, -0.25) is 4.79 Å². The van der Waals surface area contributed by atoms with Gasteiger partial charge in [-0.1, -0.05) is 18.2 Å². The smallest absolute Gasteiger partial charge is 0.224 e. The van der Waals surface area contributed by atoms with Crippen molar-refractivity contribution in [1.29, 1.82) is 0 Å². The lowest BCUT2D eigenvalue weighted by Gasteiger charge is -2.11. The van der Waals surface area contributed by atoms with Crippen LogP contribution in [-0.2, 0) is 4.79 Å². The summed E-state index contributed by atoms with van der Waals surface area (Å²) >= 11 is 0. The Morgan fingerprint density at radius 3 is 2.52 bits per heavy atom. The zero-order valence-electron chi connectivity index (χ0n) is 15.1. The summed E-state index contributed by atoms with van der Waals surface area (Å²) in [5.41, 5.74) is 10.5. The molecule has 0 spiro atoms. The fraction of sp³-hybridized carbons (Fsp3) is 0.350. The van der Waals surface area contributed by atoms with Gasteiger partial charge < -0.3 is 15.8 Å². The van der Waals surface area contributed by atoms with Crippen molar-refractivity contribution in [2.45, 2.75) is 40.0 Å². The molecular weight excluding hydrogens is 336 g/mol. The molecule has 0 atom stereocenters. The number of unbranched alkanes of at least 4 members (excludes halogenated alkanes) is 1. The van der Waals surface area contributed by atoms with Crippen LogP contribution in [0.1, 0.15) is 36.0 Å². The van der Waals surface area contributed by atoms with Crippen LogP contribution in [0.3, 0.4) is 0 Å². The van der Waals surface area contributed by atoms with E-state index in [4.69, 9.17) is 10.5 Å². The van der Waals surface area contributed by atoms with Crippen LogP contribution in [0.25, 0.3) is 0 Å². The van der Waals surface area contributed by atoms with Crippen molar-refractivity contribution in [3.8, 4) is 5.75 Å². The molecule has 136 valence electrons. The zero-order chi connectivity index (χ0) is 17.5. The number of hydrogen-bond acceptors (Lipinski definition) is 3. The number of carbonyl (C=O) groups excluding carboxylic acids is 1. The van der Waals surface area contributed by atoms with Gasteiger partial charge >= 0.3 is 0 Å². The van der Waals surface area contributed by atoms with Crippen LogP contribution in [0.5, 0.6) is 5.75 Å².